The van der Waals surface area contributed by atoms with Gasteiger partial charge < -0.3 is 25.4 Å². The SMILES string of the molecule is COC(=O)NC(C(=O)Nc1cccc(F)c1CC[C@H]1CNC[C@@H](C)N1S(=O)(=O)c1ccccc1)C1(c2ccc(Cl)cc2)CCOCC1. The molecular weight excluding hydrogens is 647 g/mol. The van der Waals surface area contributed by atoms with Crippen LogP contribution in [-0.4, -0.2) is 76.3 Å². The third-order valence-electron chi connectivity index (χ3n) is 9.10. The lowest BCUT2D eigenvalue weighted by Crippen LogP contribution is -2.58. The quantitative estimate of drug-likeness (QED) is 0.278. The van der Waals surface area contributed by atoms with Crippen LogP contribution in [0.2, 0.25) is 5.02 Å². The first-order valence-electron chi connectivity index (χ1n) is 15.6. The molecule has 13 heteroatoms. The van der Waals surface area contributed by atoms with E-state index in [0.29, 0.717) is 50.6 Å². The lowest BCUT2D eigenvalue weighted by molar-refractivity contribution is -0.121. The molecular formula is C34H40ClFN4O6S. The smallest absolute Gasteiger partial charge is 0.407 e. The first kappa shape index (κ1) is 34.8. The summed E-state index contributed by atoms with van der Waals surface area (Å²) in [6, 6.07) is 17.9. The molecule has 3 N–H and O–H groups in total. The number of rotatable bonds is 10. The molecule has 252 valence electrons. The Morgan fingerprint density at radius 2 is 1.77 bits per heavy atom. The van der Waals surface area contributed by atoms with Crippen molar-refractivity contribution in [2.24, 2.45) is 0 Å². The molecule has 2 saturated heterocycles. The van der Waals surface area contributed by atoms with Gasteiger partial charge in [-0.15, -0.1) is 0 Å². The maximum atomic E-state index is 15.5. The van der Waals surface area contributed by atoms with Crippen molar-refractivity contribution in [3.63, 3.8) is 0 Å². The summed E-state index contributed by atoms with van der Waals surface area (Å²) in [5, 5.41) is 9.44. The zero-order chi connectivity index (χ0) is 33.6. The number of benzene rings is 3. The van der Waals surface area contributed by atoms with Gasteiger partial charge in [0, 0.05) is 60.1 Å². The van der Waals surface area contributed by atoms with E-state index in [9.17, 15) is 18.0 Å². The number of nitrogens with one attached hydrogen (secondary N) is 3. The Kier molecular flexibility index (Phi) is 11.2. The standard InChI is InChI=1S/C34H40ClFN4O6S/c1-23-21-37-22-26(40(23)47(43,44)27-7-4-3-5-8-27)15-16-28-29(36)9-6-10-30(28)38-32(41)31(39-33(42)45-2)34(17-19-46-20-18-34)24-11-13-25(35)14-12-24/h3-14,23,26,31,37H,15-22H2,1-2H3,(H,38,41)(H,39,42)/t23-,26+,31?/m1/s1. The van der Waals surface area contributed by atoms with Crippen LogP contribution in [0.5, 0.6) is 0 Å². The second-order valence-corrected chi connectivity index (χ2v) is 14.2. The molecule has 2 fully saturated rings. The van der Waals surface area contributed by atoms with E-state index in [4.69, 9.17) is 21.1 Å². The molecule has 2 heterocycles. The molecule has 3 aromatic rings. The van der Waals surface area contributed by atoms with Crippen LogP contribution in [0.1, 0.15) is 37.3 Å². The van der Waals surface area contributed by atoms with Crippen molar-refractivity contribution in [3.8, 4) is 0 Å². The molecule has 2 amide bonds. The van der Waals surface area contributed by atoms with Crippen molar-refractivity contribution in [1.29, 1.82) is 0 Å². The highest BCUT2D eigenvalue weighted by Gasteiger charge is 2.47. The van der Waals surface area contributed by atoms with E-state index in [1.54, 1.807) is 48.5 Å². The van der Waals surface area contributed by atoms with Gasteiger partial charge in [0.15, 0.2) is 0 Å². The van der Waals surface area contributed by atoms with Crippen LogP contribution >= 0.6 is 11.6 Å². The fourth-order valence-electron chi connectivity index (χ4n) is 6.71. The van der Waals surface area contributed by atoms with Crippen LogP contribution in [0.4, 0.5) is 14.9 Å². The van der Waals surface area contributed by atoms with Gasteiger partial charge in [-0.25, -0.2) is 17.6 Å². The van der Waals surface area contributed by atoms with Crippen LogP contribution in [0.15, 0.2) is 77.7 Å². The number of hydrogen-bond donors (Lipinski definition) is 3. The lowest BCUT2D eigenvalue weighted by atomic mass is 9.68. The zero-order valence-electron chi connectivity index (χ0n) is 26.4. The molecule has 0 aliphatic carbocycles. The molecule has 1 unspecified atom stereocenters. The molecule has 2 aliphatic heterocycles. The van der Waals surface area contributed by atoms with E-state index < -0.39 is 45.3 Å². The molecule has 0 bridgehead atoms. The Bertz CT molecular complexity index is 1650. The maximum absolute atomic E-state index is 15.5. The van der Waals surface area contributed by atoms with E-state index in [1.807, 2.05) is 19.1 Å². The molecule has 0 spiro atoms. The first-order valence-corrected chi connectivity index (χ1v) is 17.4. The average Bonchev–Trinajstić information content (AvgIpc) is 3.07. The van der Waals surface area contributed by atoms with Crippen molar-refractivity contribution in [1.82, 2.24) is 14.9 Å². The highest BCUT2D eigenvalue weighted by atomic mass is 35.5. The number of hydrogen-bond acceptors (Lipinski definition) is 7. The number of halogens is 2. The number of anilines is 1. The molecule has 3 aromatic carbocycles. The van der Waals surface area contributed by atoms with Gasteiger partial charge in [0.25, 0.3) is 0 Å². The van der Waals surface area contributed by atoms with E-state index in [1.165, 1.54) is 23.5 Å². The van der Waals surface area contributed by atoms with Gasteiger partial charge in [-0.2, -0.15) is 4.31 Å². The molecule has 2 aliphatic rings. The van der Waals surface area contributed by atoms with E-state index in [2.05, 4.69) is 16.0 Å². The normalized spacial score (nSPS) is 20.6. The number of nitrogens with zero attached hydrogens (tertiary/aromatic N) is 1. The van der Waals surface area contributed by atoms with Gasteiger partial charge in [0.05, 0.1) is 12.0 Å². The van der Waals surface area contributed by atoms with Crippen LogP contribution in [0, 0.1) is 5.82 Å². The van der Waals surface area contributed by atoms with Crippen molar-refractivity contribution < 1.29 is 31.9 Å². The number of piperazine rings is 1. The number of carbonyl (C=O) groups is 2. The predicted octanol–water partition coefficient (Wildman–Crippen LogP) is 4.87. The Morgan fingerprint density at radius 3 is 2.45 bits per heavy atom. The summed E-state index contributed by atoms with van der Waals surface area (Å²) in [5.74, 6) is -1.09. The monoisotopic (exact) mass is 686 g/mol. The Balaban J connectivity index is 1.43. The fraction of sp³-hybridized carbons (Fsp3) is 0.412. The molecule has 47 heavy (non-hydrogen) atoms. The van der Waals surface area contributed by atoms with Gasteiger partial charge in [-0.05, 0) is 74.6 Å². The van der Waals surface area contributed by atoms with Crippen LogP contribution in [-0.2, 0) is 36.1 Å². The van der Waals surface area contributed by atoms with Gasteiger partial charge in [-0.1, -0.05) is 48.0 Å². The summed E-state index contributed by atoms with van der Waals surface area (Å²) in [6.07, 6.45) is 0.496. The molecule has 10 nitrogen and oxygen atoms in total. The molecule has 3 atom stereocenters. The topological polar surface area (TPSA) is 126 Å². The summed E-state index contributed by atoms with van der Waals surface area (Å²) < 4.78 is 55.0. The maximum Gasteiger partial charge on any atom is 0.407 e. The van der Waals surface area contributed by atoms with E-state index in [-0.39, 0.29) is 28.6 Å². The average molecular weight is 687 g/mol. The summed E-state index contributed by atoms with van der Waals surface area (Å²) in [7, 11) is -2.60. The van der Waals surface area contributed by atoms with Gasteiger partial charge in [0.1, 0.15) is 11.9 Å². The zero-order valence-corrected chi connectivity index (χ0v) is 28.0. The minimum absolute atomic E-state index is 0.146. The molecule has 0 saturated carbocycles. The number of alkyl carbamates (subject to hydrolysis) is 1. The summed E-state index contributed by atoms with van der Waals surface area (Å²) in [4.78, 5) is 27.0. The molecule has 0 radical (unpaired) electrons. The summed E-state index contributed by atoms with van der Waals surface area (Å²) in [5.41, 5.74) is 0.393. The Morgan fingerprint density at radius 1 is 1.06 bits per heavy atom. The van der Waals surface area contributed by atoms with Crippen molar-refractivity contribution in [3.05, 3.63) is 94.8 Å². The van der Waals surface area contributed by atoms with Crippen LogP contribution in [0.3, 0.4) is 0 Å². The molecule has 0 aromatic heterocycles. The number of ether oxygens (including phenoxy) is 2. The van der Waals surface area contributed by atoms with Gasteiger partial charge in [0.2, 0.25) is 15.9 Å². The second kappa shape index (κ2) is 15.1. The minimum Gasteiger partial charge on any atom is -0.453 e. The second-order valence-electron chi connectivity index (χ2n) is 11.9. The van der Waals surface area contributed by atoms with Crippen LogP contribution < -0.4 is 16.0 Å². The minimum atomic E-state index is -3.82. The first-order chi connectivity index (χ1) is 22.6. The molecule has 5 rings (SSSR count). The number of sulfonamides is 1. The largest absolute Gasteiger partial charge is 0.453 e. The van der Waals surface area contributed by atoms with Crippen LogP contribution in [0.25, 0.3) is 0 Å². The van der Waals surface area contributed by atoms with E-state index in [0.717, 1.165) is 5.56 Å². The Hall–Kier alpha value is -3.55. The van der Waals surface area contributed by atoms with Crippen molar-refractivity contribution in [2.45, 2.75) is 61.0 Å². The summed E-state index contributed by atoms with van der Waals surface area (Å²) in [6.45, 7) is 3.44. The third kappa shape index (κ3) is 7.62. The highest BCUT2D eigenvalue weighted by Crippen LogP contribution is 2.39. The number of amides is 2. The lowest BCUT2D eigenvalue weighted by Gasteiger charge is -2.43. The number of carbonyl (C=O) groups excluding carboxylic acids is 2. The van der Waals surface area contributed by atoms with Gasteiger partial charge in [-0.3, -0.25) is 4.79 Å². The summed E-state index contributed by atoms with van der Waals surface area (Å²) >= 11 is 6.17. The fourth-order valence-corrected chi connectivity index (χ4v) is 8.71. The predicted molar refractivity (Wildman–Crippen MR) is 177 cm³/mol. The highest BCUT2D eigenvalue weighted by molar-refractivity contribution is 7.89. The number of methoxy groups -OCH3 is 1. The third-order valence-corrected chi connectivity index (χ3v) is 11.4. The van der Waals surface area contributed by atoms with Crippen molar-refractivity contribution in [2.75, 3.05) is 38.7 Å². The van der Waals surface area contributed by atoms with Crippen molar-refractivity contribution >= 4 is 39.3 Å². The Labute approximate surface area is 280 Å². The van der Waals surface area contributed by atoms with Gasteiger partial charge >= 0.3 is 6.09 Å². The van der Waals surface area contributed by atoms with E-state index >= 15 is 4.39 Å².